The number of nitro benzene ring substituents is 1. The van der Waals surface area contributed by atoms with Crippen molar-refractivity contribution in [1.82, 2.24) is 9.80 Å². The van der Waals surface area contributed by atoms with E-state index in [-0.39, 0.29) is 23.2 Å². The lowest BCUT2D eigenvalue weighted by atomic mass is 10.2. The quantitative estimate of drug-likeness (QED) is 0.567. The molecule has 0 radical (unpaired) electrons. The molecule has 7 nitrogen and oxygen atoms in total. The molecular formula is C19H20Cl2N4O3. The molecule has 2 aromatic carbocycles. The molecule has 0 unspecified atom stereocenters. The van der Waals surface area contributed by atoms with Crippen LogP contribution in [-0.2, 0) is 11.3 Å². The number of nitrogens with one attached hydrogen (secondary N) is 1. The summed E-state index contributed by atoms with van der Waals surface area (Å²) < 4.78 is 0. The summed E-state index contributed by atoms with van der Waals surface area (Å²) in [6, 6.07) is 12.0. The highest BCUT2D eigenvalue weighted by Crippen LogP contribution is 2.27. The van der Waals surface area contributed by atoms with E-state index in [0.29, 0.717) is 5.69 Å². The lowest BCUT2D eigenvalue weighted by molar-refractivity contribution is -0.384. The van der Waals surface area contributed by atoms with E-state index in [1.807, 2.05) is 24.3 Å². The van der Waals surface area contributed by atoms with Crippen molar-refractivity contribution >= 4 is 40.5 Å². The van der Waals surface area contributed by atoms with Crippen LogP contribution in [0.2, 0.25) is 10.0 Å². The number of carbonyl (C=O) groups is 1. The second-order valence-electron chi connectivity index (χ2n) is 6.62. The Bertz CT molecular complexity index is 870. The van der Waals surface area contributed by atoms with Gasteiger partial charge in [0.2, 0.25) is 5.91 Å². The molecule has 0 saturated carbocycles. The first-order chi connectivity index (χ1) is 13.4. The Kier molecular flexibility index (Phi) is 6.85. The molecule has 0 spiro atoms. The summed E-state index contributed by atoms with van der Waals surface area (Å²) in [5, 5.41) is 14.4. The monoisotopic (exact) mass is 422 g/mol. The number of nitro groups is 1. The van der Waals surface area contributed by atoms with Gasteiger partial charge in [-0.05, 0) is 23.8 Å². The van der Waals surface area contributed by atoms with E-state index in [9.17, 15) is 14.9 Å². The number of piperazine rings is 1. The maximum absolute atomic E-state index is 12.3. The zero-order valence-electron chi connectivity index (χ0n) is 15.1. The van der Waals surface area contributed by atoms with Crippen LogP contribution < -0.4 is 5.32 Å². The highest BCUT2D eigenvalue weighted by atomic mass is 35.5. The lowest BCUT2D eigenvalue weighted by Crippen LogP contribution is -2.48. The Labute approximate surface area is 173 Å². The molecule has 1 heterocycles. The number of benzene rings is 2. The Balaban J connectivity index is 1.48. The molecule has 1 N–H and O–H groups in total. The molecule has 1 aliphatic heterocycles. The van der Waals surface area contributed by atoms with Crippen molar-refractivity contribution < 1.29 is 9.72 Å². The van der Waals surface area contributed by atoms with Crippen molar-refractivity contribution in [1.29, 1.82) is 0 Å². The molecular weight excluding hydrogens is 403 g/mol. The summed E-state index contributed by atoms with van der Waals surface area (Å²) in [4.78, 5) is 27.0. The van der Waals surface area contributed by atoms with Gasteiger partial charge in [0.05, 0.1) is 11.5 Å². The molecule has 1 amide bonds. The fourth-order valence-electron chi connectivity index (χ4n) is 3.11. The largest absolute Gasteiger partial charge is 0.325 e. The zero-order chi connectivity index (χ0) is 20.1. The Morgan fingerprint density at radius 1 is 1.04 bits per heavy atom. The molecule has 0 aromatic heterocycles. The van der Waals surface area contributed by atoms with Crippen LogP contribution in [0, 0.1) is 10.1 Å². The third-order valence-electron chi connectivity index (χ3n) is 4.61. The van der Waals surface area contributed by atoms with Crippen molar-refractivity contribution in [3.8, 4) is 0 Å². The third kappa shape index (κ3) is 5.42. The Hall–Kier alpha value is -2.19. The summed E-state index contributed by atoms with van der Waals surface area (Å²) in [7, 11) is 0. The number of anilines is 1. The summed E-state index contributed by atoms with van der Waals surface area (Å²) in [5.74, 6) is -0.212. The normalized spacial score (nSPS) is 15.4. The minimum Gasteiger partial charge on any atom is -0.325 e. The summed E-state index contributed by atoms with van der Waals surface area (Å²) in [5.41, 5.74) is 1.23. The topological polar surface area (TPSA) is 78.7 Å². The van der Waals surface area contributed by atoms with E-state index in [1.165, 1.54) is 12.1 Å². The smallest absolute Gasteiger partial charge is 0.289 e. The molecule has 0 bridgehead atoms. The van der Waals surface area contributed by atoms with Gasteiger partial charge in [0, 0.05) is 49.5 Å². The number of carbonyl (C=O) groups excluding carboxylic acids is 1. The first-order valence-electron chi connectivity index (χ1n) is 8.84. The highest BCUT2D eigenvalue weighted by molar-refractivity contribution is 6.32. The van der Waals surface area contributed by atoms with Gasteiger partial charge in [-0.15, -0.1) is 0 Å². The number of amides is 1. The fraction of sp³-hybridized carbons (Fsp3) is 0.316. The van der Waals surface area contributed by atoms with Crippen LogP contribution in [0.3, 0.4) is 0 Å². The Morgan fingerprint density at radius 2 is 1.71 bits per heavy atom. The van der Waals surface area contributed by atoms with Crippen LogP contribution in [0.1, 0.15) is 5.56 Å². The fourth-order valence-corrected chi connectivity index (χ4v) is 3.49. The van der Waals surface area contributed by atoms with Crippen LogP contribution in [0.15, 0.2) is 42.5 Å². The van der Waals surface area contributed by atoms with Gasteiger partial charge in [-0.1, -0.05) is 41.4 Å². The van der Waals surface area contributed by atoms with Crippen LogP contribution in [0.5, 0.6) is 0 Å². The van der Waals surface area contributed by atoms with Crippen molar-refractivity contribution in [2.45, 2.75) is 6.54 Å². The van der Waals surface area contributed by atoms with E-state index in [1.54, 1.807) is 6.07 Å². The predicted octanol–water partition coefficient (Wildman–Crippen LogP) is 3.66. The highest BCUT2D eigenvalue weighted by Gasteiger charge is 2.20. The Morgan fingerprint density at radius 3 is 2.39 bits per heavy atom. The average molecular weight is 423 g/mol. The first-order valence-corrected chi connectivity index (χ1v) is 9.60. The molecule has 1 saturated heterocycles. The molecule has 28 heavy (non-hydrogen) atoms. The van der Waals surface area contributed by atoms with Crippen LogP contribution >= 0.6 is 23.2 Å². The third-order valence-corrected chi connectivity index (χ3v) is 5.30. The van der Waals surface area contributed by atoms with Gasteiger partial charge >= 0.3 is 0 Å². The van der Waals surface area contributed by atoms with E-state index in [4.69, 9.17) is 23.2 Å². The van der Waals surface area contributed by atoms with E-state index < -0.39 is 4.92 Å². The molecule has 3 rings (SSSR count). The molecule has 1 fully saturated rings. The van der Waals surface area contributed by atoms with Crippen LogP contribution in [0.25, 0.3) is 0 Å². The number of halogens is 2. The van der Waals surface area contributed by atoms with Crippen molar-refractivity contribution in [2.75, 3.05) is 38.0 Å². The SMILES string of the molecule is O=C(CN1CCN(Cc2ccccc2Cl)CC1)Nc1ccc(Cl)c([N+](=O)[O-])c1. The number of hydrogen-bond acceptors (Lipinski definition) is 5. The first kappa shape index (κ1) is 20.5. The van der Waals surface area contributed by atoms with E-state index in [2.05, 4.69) is 15.1 Å². The van der Waals surface area contributed by atoms with Gasteiger partial charge in [0.1, 0.15) is 5.02 Å². The second-order valence-corrected chi connectivity index (χ2v) is 7.43. The van der Waals surface area contributed by atoms with Gasteiger partial charge in [-0.25, -0.2) is 0 Å². The molecule has 0 atom stereocenters. The number of rotatable bonds is 6. The van der Waals surface area contributed by atoms with Gasteiger partial charge in [0.25, 0.3) is 5.69 Å². The van der Waals surface area contributed by atoms with Crippen LogP contribution in [-0.4, -0.2) is 53.4 Å². The lowest BCUT2D eigenvalue weighted by Gasteiger charge is -2.34. The van der Waals surface area contributed by atoms with Gasteiger partial charge in [-0.2, -0.15) is 0 Å². The second kappa shape index (κ2) is 9.34. The molecule has 1 aliphatic rings. The molecule has 2 aromatic rings. The van der Waals surface area contributed by atoms with E-state index >= 15 is 0 Å². The van der Waals surface area contributed by atoms with Gasteiger partial charge < -0.3 is 5.32 Å². The van der Waals surface area contributed by atoms with Gasteiger partial charge in [0.15, 0.2) is 0 Å². The van der Waals surface area contributed by atoms with Crippen molar-refractivity contribution in [3.05, 3.63) is 68.2 Å². The summed E-state index contributed by atoms with van der Waals surface area (Å²) in [6.07, 6.45) is 0. The number of hydrogen-bond donors (Lipinski definition) is 1. The summed E-state index contributed by atoms with van der Waals surface area (Å²) >= 11 is 12.0. The molecule has 148 valence electrons. The number of nitrogens with zero attached hydrogens (tertiary/aromatic N) is 3. The zero-order valence-corrected chi connectivity index (χ0v) is 16.6. The minimum absolute atomic E-state index is 0.0395. The standard InChI is InChI=1S/C19H20Cl2N4O3/c20-16-4-2-1-3-14(16)12-23-7-9-24(10-8-23)13-19(26)22-15-5-6-17(21)18(11-15)25(27)28/h1-6,11H,7-10,12-13H2,(H,22,26). The molecule has 0 aliphatic carbocycles. The van der Waals surface area contributed by atoms with Gasteiger partial charge in [-0.3, -0.25) is 24.7 Å². The maximum atomic E-state index is 12.3. The van der Waals surface area contributed by atoms with Crippen molar-refractivity contribution in [2.24, 2.45) is 0 Å². The molecule has 9 heteroatoms. The average Bonchev–Trinajstić information content (AvgIpc) is 2.66. The summed E-state index contributed by atoms with van der Waals surface area (Å²) in [6.45, 7) is 4.22. The van der Waals surface area contributed by atoms with Crippen molar-refractivity contribution in [3.63, 3.8) is 0 Å². The van der Waals surface area contributed by atoms with Crippen LogP contribution in [0.4, 0.5) is 11.4 Å². The predicted molar refractivity (Wildman–Crippen MR) is 110 cm³/mol. The minimum atomic E-state index is -0.573. The van der Waals surface area contributed by atoms with E-state index in [0.717, 1.165) is 43.3 Å². The maximum Gasteiger partial charge on any atom is 0.289 e.